The number of nitriles is 1. The zero-order chi connectivity index (χ0) is 10.6. The average molecular weight is 189 g/mol. The molecule has 0 atom stereocenters. The topological polar surface area (TPSA) is 33.0 Å². The Morgan fingerprint density at radius 1 is 1.43 bits per heavy atom. The summed E-state index contributed by atoms with van der Waals surface area (Å²) in [5, 5.41) is 8.86. The highest BCUT2D eigenvalue weighted by Gasteiger charge is 2.05. The second-order valence-electron chi connectivity index (χ2n) is 3.46. The van der Waals surface area contributed by atoms with Gasteiger partial charge in [0.25, 0.3) is 0 Å². The van der Waals surface area contributed by atoms with E-state index >= 15 is 0 Å². The summed E-state index contributed by atoms with van der Waals surface area (Å²) < 4.78 is 5.56. The monoisotopic (exact) mass is 189 g/mol. The van der Waals surface area contributed by atoms with Gasteiger partial charge in [-0.25, -0.2) is 0 Å². The van der Waals surface area contributed by atoms with Crippen LogP contribution in [0.15, 0.2) is 18.2 Å². The summed E-state index contributed by atoms with van der Waals surface area (Å²) >= 11 is 0. The van der Waals surface area contributed by atoms with E-state index < -0.39 is 0 Å². The van der Waals surface area contributed by atoms with Crippen molar-refractivity contribution in [1.29, 1.82) is 5.26 Å². The van der Waals surface area contributed by atoms with Crippen LogP contribution in [0.1, 0.15) is 31.9 Å². The molecule has 0 unspecified atom stereocenters. The molecule has 74 valence electrons. The lowest BCUT2D eigenvalue weighted by Crippen LogP contribution is -2.07. The molecule has 0 amide bonds. The first-order valence-corrected chi connectivity index (χ1v) is 4.87. The molecule has 0 saturated carbocycles. The van der Waals surface area contributed by atoms with Crippen LogP contribution in [0.4, 0.5) is 0 Å². The first kappa shape index (κ1) is 10.6. The summed E-state index contributed by atoms with van der Waals surface area (Å²) in [5.74, 6) is 0.696. The average Bonchev–Trinajstić information content (AvgIpc) is 2.16. The molecule has 0 heterocycles. The maximum absolute atomic E-state index is 8.86. The van der Waals surface area contributed by atoms with Crippen molar-refractivity contribution in [2.75, 3.05) is 0 Å². The molecule has 2 nitrogen and oxygen atoms in total. The van der Waals surface area contributed by atoms with Gasteiger partial charge in [-0.1, -0.05) is 13.0 Å². The SMILES string of the molecule is CCc1ccc(C#N)c(OC(C)C)c1. The summed E-state index contributed by atoms with van der Waals surface area (Å²) in [6.45, 7) is 6.00. The second-order valence-corrected chi connectivity index (χ2v) is 3.46. The Bertz CT molecular complexity index is 350. The highest BCUT2D eigenvalue weighted by molar-refractivity contribution is 5.45. The number of hydrogen-bond donors (Lipinski definition) is 0. The molecule has 14 heavy (non-hydrogen) atoms. The van der Waals surface area contributed by atoms with E-state index in [0.717, 1.165) is 6.42 Å². The molecule has 0 bridgehead atoms. The summed E-state index contributed by atoms with van der Waals surface area (Å²) in [6.07, 6.45) is 1.06. The van der Waals surface area contributed by atoms with E-state index in [9.17, 15) is 0 Å². The van der Waals surface area contributed by atoms with E-state index in [1.54, 1.807) is 0 Å². The predicted octanol–water partition coefficient (Wildman–Crippen LogP) is 2.91. The van der Waals surface area contributed by atoms with Gasteiger partial charge >= 0.3 is 0 Å². The van der Waals surface area contributed by atoms with Crippen molar-refractivity contribution in [3.05, 3.63) is 29.3 Å². The Morgan fingerprint density at radius 2 is 2.14 bits per heavy atom. The second kappa shape index (κ2) is 4.66. The first-order valence-electron chi connectivity index (χ1n) is 4.87. The quantitative estimate of drug-likeness (QED) is 0.732. The molecular formula is C12H15NO. The van der Waals surface area contributed by atoms with E-state index in [1.165, 1.54) is 5.56 Å². The normalized spacial score (nSPS) is 9.93. The van der Waals surface area contributed by atoms with Gasteiger partial charge in [-0.15, -0.1) is 0 Å². The van der Waals surface area contributed by atoms with Crippen LogP contribution in [-0.4, -0.2) is 6.10 Å². The van der Waals surface area contributed by atoms with Crippen LogP contribution in [0.5, 0.6) is 5.75 Å². The summed E-state index contributed by atoms with van der Waals surface area (Å²) in [6, 6.07) is 7.85. The lowest BCUT2D eigenvalue weighted by atomic mass is 10.1. The molecule has 0 radical (unpaired) electrons. The molecule has 0 aliphatic heterocycles. The van der Waals surface area contributed by atoms with Gasteiger partial charge in [0.15, 0.2) is 0 Å². The van der Waals surface area contributed by atoms with Crippen molar-refractivity contribution >= 4 is 0 Å². The van der Waals surface area contributed by atoms with Crippen molar-refractivity contribution in [2.45, 2.75) is 33.3 Å². The third-order valence-corrected chi connectivity index (χ3v) is 1.94. The van der Waals surface area contributed by atoms with E-state index in [1.807, 2.05) is 32.0 Å². The van der Waals surface area contributed by atoms with Crippen LogP contribution >= 0.6 is 0 Å². The highest BCUT2D eigenvalue weighted by atomic mass is 16.5. The standard InChI is InChI=1S/C12H15NO/c1-4-10-5-6-11(8-13)12(7-10)14-9(2)3/h5-7,9H,4H2,1-3H3. The minimum atomic E-state index is 0.106. The van der Waals surface area contributed by atoms with Crippen LogP contribution in [0, 0.1) is 11.3 Å². The van der Waals surface area contributed by atoms with Gasteiger partial charge in [0, 0.05) is 0 Å². The Labute approximate surface area is 85.1 Å². The Kier molecular flexibility index (Phi) is 3.53. The Balaban J connectivity index is 3.03. The van der Waals surface area contributed by atoms with Crippen LogP contribution in [-0.2, 0) is 6.42 Å². The van der Waals surface area contributed by atoms with Crippen LogP contribution in [0.25, 0.3) is 0 Å². The minimum Gasteiger partial charge on any atom is -0.490 e. The van der Waals surface area contributed by atoms with E-state index in [-0.39, 0.29) is 6.10 Å². The number of rotatable bonds is 3. The molecule has 0 N–H and O–H groups in total. The number of ether oxygens (including phenoxy) is 1. The molecule has 1 aromatic carbocycles. The molecule has 0 aliphatic carbocycles. The zero-order valence-electron chi connectivity index (χ0n) is 8.87. The third kappa shape index (κ3) is 2.50. The van der Waals surface area contributed by atoms with Gasteiger partial charge in [0.2, 0.25) is 0 Å². The van der Waals surface area contributed by atoms with E-state index in [4.69, 9.17) is 10.00 Å². The van der Waals surface area contributed by atoms with Crippen molar-refractivity contribution in [3.8, 4) is 11.8 Å². The van der Waals surface area contributed by atoms with E-state index in [0.29, 0.717) is 11.3 Å². The summed E-state index contributed by atoms with van der Waals surface area (Å²) in [4.78, 5) is 0. The molecule has 1 aromatic rings. The summed E-state index contributed by atoms with van der Waals surface area (Å²) in [5.41, 5.74) is 1.80. The fraction of sp³-hybridized carbons (Fsp3) is 0.417. The molecule has 0 aromatic heterocycles. The van der Waals surface area contributed by atoms with Gasteiger partial charge < -0.3 is 4.74 Å². The lowest BCUT2D eigenvalue weighted by Gasteiger charge is -2.11. The Morgan fingerprint density at radius 3 is 2.64 bits per heavy atom. The largest absolute Gasteiger partial charge is 0.490 e. The van der Waals surface area contributed by atoms with Gasteiger partial charge in [0.05, 0.1) is 11.7 Å². The first-order chi connectivity index (χ1) is 6.67. The maximum atomic E-state index is 8.86. The fourth-order valence-electron chi connectivity index (χ4n) is 1.23. The molecule has 0 saturated heterocycles. The predicted molar refractivity (Wildman–Crippen MR) is 56.3 cm³/mol. The molecular weight excluding hydrogens is 174 g/mol. The van der Waals surface area contributed by atoms with Gasteiger partial charge in [-0.2, -0.15) is 5.26 Å². The van der Waals surface area contributed by atoms with Crippen molar-refractivity contribution in [2.24, 2.45) is 0 Å². The molecule has 2 heteroatoms. The van der Waals surface area contributed by atoms with Crippen LogP contribution in [0.3, 0.4) is 0 Å². The molecule has 0 spiro atoms. The Hall–Kier alpha value is -1.49. The molecule has 0 fully saturated rings. The van der Waals surface area contributed by atoms with E-state index in [2.05, 4.69) is 13.0 Å². The fourth-order valence-corrected chi connectivity index (χ4v) is 1.23. The highest BCUT2D eigenvalue weighted by Crippen LogP contribution is 2.21. The molecule has 1 rings (SSSR count). The maximum Gasteiger partial charge on any atom is 0.137 e. The number of nitrogens with zero attached hydrogens (tertiary/aromatic N) is 1. The van der Waals surface area contributed by atoms with Crippen molar-refractivity contribution in [1.82, 2.24) is 0 Å². The van der Waals surface area contributed by atoms with Gasteiger partial charge in [-0.05, 0) is 38.0 Å². The van der Waals surface area contributed by atoms with Crippen molar-refractivity contribution in [3.63, 3.8) is 0 Å². The zero-order valence-corrected chi connectivity index (χ0v) is 8.87. The smallest absolute Gasteiger partial charge is 0.137 e. The van der Waals surface area contributed by atoms with Crippen LogP contribution in [0.2, 0.25) is 0 Å². The summed E-state index contributed by atoms with van der Waals surface area (Å²) in [7, 11) is 0. The number of benzene rings is 1. The van der Waals surface area contributed by atoms with Crippen molar-refractivity contribution < 1.29 is 4.74 Å². The lowest BCUT2D eigenvalue weighted by molar-refractivity contribution is 0.241. The number of hydrogen-bond acceptors (Lipinski definition) is 2. The van der Waals surface area contributed by atoms with Gasteiger partial charge in [-0.3, -0.25) is 0 Å². The van der Waals surface area contributed by atoms with Crippen LogP contribution < -0.4 is 4.74 Å². The minimum absolute atomic E-state index is 0.106. The van der Waals surface area contributed by atoms with Gasteiger partial charge in [0.1, 0.15) is 11.8 Å². The number of aryl methyl sites for hydroxylation is 1. The third-order valence-electron chi connectivity index (χ3n) is 1.94. The molecule has 0 aliphatic rings.